The van der Waals surface area contributed by atoms with Crippen molar-refractivity contribution in [2.24, 2.45) is 5.92 Å². The van der Waals surface area contributed by atoms with Crippen LogP contribution in [0.4, 0.5) is 0 Å². The average Bonchev–Trinajstić information content (AvgIpc) is 2.90. The van der Waals surface area contributed by atoms with Gasteiger partial charge in [0.2, 0.25) is 0 Å². The Labute approximate surface area is 145 Å². The van der Waals surface area contributed by atoms with Crippen molar-refractivity contribution in [3.63, 3.8) is 0 Å². The van der Waals surface area contributed by atoms with E-state index in [0.29, 0.717) is 17.6 Å². The van der Waals surface area contributed by atoms with E-state index in [4.69, 9.17) is 9.15 Å². The van der Waals surface area contributed by atoms with Crippen LogP contribution in [0.5, 0.6) is 0 Å². The number of aryl methyl sites for hydroxylation is 1. The SMILES string of the molecule is CCc1ccc2c(COC(=O)C[C@H]3CCS(=O)(=O)C3)cc(=O)oc2c1. The van der Waals surface area contributed by atoms with Crippen LogP contribution in [0.25, 0.3) is 11.0 Å². The fourth-order valence-corrected chi connectivity index (χ4v) is 4.96. The van der Waals surface area contributed by atoms with Crippen LogP contribution in [0.2, 0.25) is 0 Å². The van der Waals surface area contributed by atoms with E-state index in [9.17, 15) is 18.0 Å². The van der Waals surface area contributed by atoms with Crippen molar-refractivity contribution in [3.05, 3.63) is 45.8 Å². The number of rotatable bonds is 5. The van der Waals surface area contributed by atoms with Gasteiger partial charge >= 0.3 is 11.6 Å². The first-order valence-electron chi connectivity index (χ1n) is 8.28. The van der Waals surface area contributed by atoms with E-state index < -0.39 is 21.4 Å². The van der Waals surface area contributed by atoms with Gasteiger partial charge in [-0.15, -0.1) is 0 Å². The molecule has 1 saturated heterocycles. The van der Waals surface area contributed by atoms with Crippen LogP contribution in [0.15, 0.2) is 33.5 Å². The number of benzene rings is 1. The summed E-state index contributed by atoms with van der Waals surface area (Å²) >= 11 is 0. The molecule has 1 aliphatic heterocycles. The van der Waals surface area contributed by atoms with E-state index in [1.54, 1.807) is 0 Å². The average molecular weight is 364 g/mol. The first kappa shape index (κ1) is 17.7. The maximum absolute atomic E-state index is 12.0. The van der Waals surface area contributed by atoms with Gasteiger partial charge in [0.1, 0.15) is 12.2 Å². The predicted molar refractivity (Wildman–Crippen MR) is 93.0 cm³/mol. The van der Waals surface area contributed by atoms with Crippen molar-refractivity contribution < 1.29 is 22.4 Å². The van der Waals surface area contributed by atoms with Gasteiger partial charge in [0.05, 0.1) is 11.5 Å². The zero-order valence-corrected chi connectivity index (χ0v) is 14.8. The summed E-state index contributed by atoms with van der Waals surface area (Å²) in [6, 6.07) is 6.92. The smallest absolute Gasteiger partial charge is 0.336 e. The van der Waals surface area contributed by atoms with Crippen molar-refractivity contribution >= 4 is 26.8 Å². The normalized spacial score (nSPS) is 19.2. The summed E-state index contributed by atoms with van der Waals surface area (Å²) in [4.78, 5) is 23.7. The second kappa shape index (κ2) is 7.00. The Bertz CT molecular complexity index is 957. The minimum atomic E-state index is -3.01. The minimum Gasteiger partial charge on any atom is -0.461 e. The van der Waals surface area contributed by atoms with Crippen LogP contribution in [-0.2, 0) is 32.4 Å². The molecule has 0 radical (unpaired) electrons. The summed E-state index contributed by atoms with van der Waals surface area (Å²) in [6.07, 6.45) is 1.40. The van der Waals surface area contributed by atoms with Crippen LogP contribution < -0.4 is 5.63 Å². The molecule has 0 amide bonds. The zero-order chi connectivity index (χ0) is 18.0. The molecule has 1 aromatic heterocycles. The van der Waals surface area contributed by atoms with Crippen LogP contribution in [0.1, 0.15) is 30.9 Å². The number of carbonyl (C=O) groups is 1. The van der Waals surface area contributed by atoms with E-state index in [1.807, 2.05) is 25.1 Å². The molecule has 1 atom stereocenters. The van der Waals surface area contributed by atoms with Crippen LogP contribution >= 0.6 is 0 Å². The monoisotopic (exact) mass is 364 g/mol. The number of fused-ring (bicyclic) bond motifs is 1. The molecule has 1 aliphatic rings. The van der Waals surface area contributed by atoms with Gasteiger partial charge in [-0.3, -0.25) is 4.79 Å². The Hall–Kier alpha value is -2.15. The fraction of sp³-hybridized carbons (Fsp3) is 0.444. The molecule has 134 valence electrons. The van der Waals surface area contributed by atoms with Crippen molar-refractivity contribution in [2.75, 3.05) is 11.5 Å². The molecule has 7 heteroatoms. The third kappa shape index (κ3) is 4.28. The second-order valence-corrected chi connectivity index (χ2v) is 8.64. The van der Waals surface area contributed by atoms with Crippen molar-refractivity contribution in [1.29, 1.82) is 0 Å². The Morgan fingerprint density at radius 1 is 1.32 bits per heavy atom. The summed E-state index contributed by atoms with van der Waals surface area (Å²) in [7, 11) is -3.01. The number of carbonyl (C=O) groups excluding carboxylic acids is 1. The topological polar surface area (TPSA) is 90.7 Å². The molecule has 0 unspecified atom stereocenters. The summed E-state index contributed by atoms with van der Waals surface area (Å²) < 4.78 is 33.4. The highest BCUT2D eigenvalue weighted by Crippen LogP contribution is 2.23. The van der Waals surface area contributed by atoms with Crippen molar-refractivity contribution in [1.82, 2.24) is 0 Å². The second-order valence-electron chi connectivity index (χ2n) is 6.41. The number of ether oxygens (including phenoxy) is 1. The highest BCUT2D eigenvalue weighted by atomic mass is 32.2. The fourth-order valence-electron chi connectivity index (χ4n) is 3.10. The van der Waals surface area contributed by atoms with Gasteiger partial charge in [-0.05, 0) is 30.4 Å². The highest BCUT2D eigenvalue weighted by molar-refractivity contribution is 7.91. The van der Waals surface area contributed by atoms with Gasteiger partial charge in [-0.25, -0.2) is 13.2 Å². The molecule has 1 fully saturated rings. The molecule has 1 aromatic carbocycles. The van der Waals surface area contributed by atoms with Crippen LogP contribution in [0, 0.1) is 5.92 Å². The van der Waals surface area contributed by atoms with Crippen molar-refractivity contribution in [3.8, 4) is 0 Å². The molecule has 0 saturated carbocycles. The van der Waals surface area contributed by atoms with Gasteiger partial charge < -0.3 is 9.15 Å². The van der Waals surface area contributed by atoms with Gasteiger partial charge in [-0.2, -0.15) is 0 Å². The number of esters is 1. The molecule has 0 N–H and O–H groups in total. The van der Waals surface area contributed by atoms with E-state index in [0.717, 1.165) is 17.4 Å². The van der Waals surface area contributed by atoms with Gasteiger partial charge in [0, 0.05) is 23.4 Å². The Morgan fingerprint density at radius 3 is 2.80 bits per heavy atom. The largest absolute Gasteiger partial charge is 0.461 e. The lowest BCUT2D eigenvalue weighted by Crippen LogP contribution is -2.13. The Kier molecular flexibility index (Phi) is 4.94. The summed E-state index contributed by atoms with van der Waals surface area (Å²) in [6.45, 7) is 1.97. The summed E-state index contributed by atoms with van der Waals surface area (Å²) in [5.41, 5.74) is 1.61. The van der Waals surface area contributed by atoms with E-state index >= 15 is 0 Å². The zero-order valence-electron chi connectivity index (χ0n) is 14.0. The van der Waals surface area contributed by atoms with Gasteiger partial charge in [0.15, 0.2) is 9.84 Å². The minimum absolute atomic E-state index is 0.0358. The molecular formula is C18H20O6S. The predicted octanol–water partition coefficient (Wildman–Crippen LogP) is 2.22. The van der Waals surface area contributed by atoms with Crippen molar-refractivity contribution in [2.45, 2.75) is 32.8 Å². The highest BCUT2D eigenvalue weighted by Gasteiger charge is 2.29. The molecule has 0 bridgehead atoms. The third-order valence-electron chi connectivity index (χ3n) is 4.47. The number of sulfone groups is 1. The number of hydrogen-bond donors (Lipinski definition) is 0. The lowest BCUT2D eigenvalue weighted by Gasteiger charge is -2.10. The van der Waals surface area contributed by atoms with E-state index in [1.165, 1.54) is 6.07 Å². The molecule has 2 aromatic rings. The first-order valence-corrected chi connectivity index (χ1v) is 10.1. The van der Waals surface area contributed by atoms with Crippen LogP contribution in [0.3, 0.4) is 0 Å². The maximum Gasteiger partial charge on any atom is 0.336 e. The molecule has 0 aliphatic carbocycles. The van der Waals surface area contributed by atoms with E-state index in [2.05, 4.69) is 0 Å². The molecule has 3 rings (SSSR count). The number of hydrogen-bond acceptors (Lipinski definition) is 6. The maximum atomic E-state index is 12.0. The quantitative estimate of drug-likeness (QED) is 0.597. The molecular weight excluding hydrogens is 344 g/mol. The lowest BCUT2D eigenvalue weighted by atomic mass is 10.1. The van der Waals surface area contributed by atoms with E-state index in [-0.39, 0.29) is 30.5 Å². The molecule has 0 spiro atoms. The summed E-state index contributed by atoms with van der Waals surface area (Å²) in [5.74, 6) is -0.453. The Balaban J connectivity index is 1.70. The van der Waals surface area contributed by atoms with Gasteiger partial charge in [-0.1, -0.05) is 19.1 Å². The third-order valence-corrected chi connectivity index (χ3v) is 6.31. The molecule has 2 heterocycles. The first-order chi connectivity index (χ1) is 11.9. The summed E-state index contributed by atoms with van der Waals surface area (Å²) in [5, 5.41) is 0.730. The Morgan fingerprint density at radius 2 is 2.12 bits per heavy atom. The van der Waals surface area contributed by atoms with Crippen LogP contribution in [-0.4, -0.2) is 25.9 Å². The lowest BCUT2D eigenvalue weighted by molar-refractivity contribution is -0.145. The van der Waals surface area contributed by atoms with Gasteiger partial charge in [0.25, 0.3) is 0 Å². The standard InChI is InChI=1S/C18H20O6S/c1-2-12-3-4-15-14(9-18(20)24-16(15)7-12)10-23-17(19)8-13-5-6-25(21,22)11-13/h3-4,7,9,13H,2,5-6,8,10-11H2,1H3/t13-/m1/s1. The molecule has 25 heavy (non-hydrogen) atoms. The molecule has 6 nitrogen and oxygen atoms in total.